The minimum absolute atomic E-state index is 0.0573. The van der Waals surface area contributed by atoms with E-state index in [-0.39, 0.29) is 5.91 Å². The molecule has 0 aliphatic heterocycles. The SMILES string of the molecule is CC(C)CC(=O)NCCn1ncc2c(NCc3ccco3)ncnc21. The van der Waals surface area contributed by atoms with E-state index in [1.807, 2.05) is 26.0 Å². The molecule has 0 unspecified atom stereocenters. The molecule has 0 spiro atoms. The van der Waals surface area contributed by atoms with Gasteiger partial charge in [0.2, 0.25) is 5.91 Å². The number of hydrogen-bond acceptors (Lipinski definition) is 6. The van der Waals surface area contributed by atoms with E-state index in [2.05, 4.69) is 25.7 Å². The normalized spacial score (nSPS) is 11.2. The number of hydrogen-bond donors (Lipinski definition) is 2. The van der Waals surface area contributed by atoms with Crippen LogP contribution in [0.3, 0.4) is 0 Å². The molecule has 2 N–H and O–H groups in total. The molecule has 25 heavy (non-hydrogen) atoms. The van der Waals surface area contributed by atoms with Crippen LogP contribution in [-0.4, -0.2) is 32.2 Å². The van der Waals surface area contributed by atoms with E-state index in [1.54, 1.807) is 17.1 Å². The highest BCUT2D eigenvalue weighted by Crippen LogP contribution is 2.19. The molecule has 0 saturated carbocycles. The number of amides is 1. The van der Waals surface area contributed by atoms with Crippen molar-refractivity contribution in [2.75, 3.05) is 11.9 Å². The number of nitrogens with zero attached hydrogens (tertiary/aromatic N) is 4. The van der Waals surface area contributed by atoms with E-state index in [4.69, 9.17) is 4.42 Å². The largest absolute Gasteiger partial charge is 0.467 e. The van der Waals surface area contributed by atoms with Crippen LogP contribution in [0.4, 0.5) is 5.82 Å². The van der Waals surface area contributed by atoms with Crippen LogP contribution in [0, 0.1) is 5.92 Å². The van der Waals surface area contributed by atoms with Crippen molar-refractivity contribution >= 4 is 22.8 Å². The standard InChI is InChI=1S/C17H22N6O2/c1-12(2)8-15(24)18-5-6-23-17-14(10-22-23)16(20-11-21-17)19-9-13-4-3-7-25-13/h3-4,7,10-12H,5-6,8-9H2,1-2H3,(H,18,24)(H,19,20,21). The van der Waals surface area contributed by atoms with Crippen molar-refractivity contribution in [3.8, 4) is 0 Å². The summed E-state index contributed by atoms with van der Waals surface area (Å²) in [6, 6.07) is 3.74. The Hall–Kier alpha value is -2.90. The van der Waals surface area contributed by atoms with Crippen molar-refractivity contribution in [3.05, 3.63) is 36.7 Å². The highest BCUT2D eigenvalue weighted by Gasteiger charge is 2.10. The predicted octanol–water partition coefficient (Wildman–Crippen LogP) is 2.19. The summed E-state index contributed by atoms with van der Waals surface area (Å²) < 4.78 is 7.08. The molecule has 0 fully saturated rings. The van der Waals surface area contributed by atoms with Crippen molar-refractivity contribution in [2.24, 2.45) is 5.92 Å². The maximum Gasteiger partial charge on any atom is 0.220 e. The van der Waals surface area contributed by atoms with Crippen molar-refractivity contribution < 1.29 is 9.21 Å². The third-order valence-electron chi connectivity index (χ3n) is 3.68. The van der Waals surface area contributed by atoms with Crippen LogP contribution >= 0.6 is 0 Å². The van der Waals surface area contributed by atoms with Crippen LogP contribution in [0.5, 0.6) is 0 Å². The van der Waals surface area contributed by atoms with Gasteiger partial charge in [0.1, 0.15) is 17.9 Å². The van der Waals surface area contributed by atoms with Crippen molar-refractivity contribution in [1.82, 2.24) is 25.1 Å². The first kappa shape index (κ1) is 16.9. The second kappa shape index (κ2) is 7.78. The van der Waals surface area contributed by atoms with Gasteiger partial charge >= 0.3 is 0 Å². The van der Waals surface area contributed by atoms with Crippen LogP contribution < -0.4 is 10.6 Å². The fourth-order valence-electron chi connectivity index (χ4n) is 2.53. The van der Waals surface area contributed by atoms with Gasteiger partial charge in [-0.1, -0.05) is 13.8 Å². The Morgan fingerprint density at radius 1 is 1.36 bits per heavy atom. The van der Waals surface area contributed by atoms with Gasteiger partial charge in [-0.3, -0.25) is 4.79 Å². The van der Waals surface area contributed by atoms with Gasteiger partial charge in [0.05, 0.1) is 30.9 Å². The molecule has 3 heterocycles. The van der Waals surface area contributed by atoms with Gasteiger partial charge in [-0.15, -0.1) is 0 Å². The van der Waals surface area contributed by atoms with E-state index in [1.165, 1.54) is 6.33 Å². The maximum absolute atomic E-state index is 11.7. The monoisotopic (exact) mass is 342 g/mol. The highest BCUT2D eigenvalue weighted by atomic mass is 16.3. The zero-order valence-electron chi connectivity index (χ0n) is 14.4. The number of fused-ring (bicyclic) bond motifs is 1. The first-order valence-electron chi connectivity index (χ1n) is 8.33. The van der Waals surface area contributed by atoms with Gasteiger partial charge in [-0.2, -0.15) is 5.10 Å². The molecule has 3 aromatic heterocycles. The summed E-state index contributed by atoms with van der Waals surface area (Å²) in [4.78, 5) is 20.3. The molecule has 0 radical (unpaired) electrons. The summed E-state index contributed by atoms with van der Waals surface area (Å²) in [7, 11) is 0. The first-order chi connectivity index (χ1) is 12.1. The smallest absolute Gasteiger partial charge is 0.220 e. The molecule has 132 valence electrons. The molecule has 0 aromatic carbocycles. The molecule has 0 aliphatic rings. The van der Waals surface area contributed by atoms with Gasteiger partial charge in [0.25, 0.3) is 0 Å². The minimum atomic E-state index is 0.0573. The zero-order valence-corrected chi connectivity index (χ0v) is 14.4. The molecule has 0 saturated heterocycles. The Labute approximate surface area is 145 Å². The molecule has 3 aromatic rings. The van der Waals surface area contributed by atoms with E-state index >= 15 is 0 Å². The summed E-state index contributed by atoms with van der Waals surface area (Å²) in [5, 5.41) is 11.3. The summed E-state index contributed by atoms with van der Waals surface area (Å²) in [6.45, 7) is 5.66. The molecule has 1 amide bonds. The molecule has 0 atom stereocenters. The number of anilines is 1. The van der Waals surface area contributed by atoms with Gasteiger partial charge < -0.3 is 15.1 Å². The average Bonchev–Trinajstić information content (AvgIpc) is 3.22. The molecule has 0 bridgehead atoms. The molecule has 0 aliphatic carbocycles. The number of carbonyl (C=O) groups is 1. The minimum Gasteiger partial charge on any atom is -0.467 e. The van der Waals surface area contributed by atoms with Crippen molar-refractivity contribution in [1.29, 1.82) is 0 Å². The molecule has 8 heteroatoms. The molecular formula is C17H22N6O2. The van der Waals surface area contributed by atoms with Crippen LogP contribution in [-0.2, 0) is 17.9 Å². The third kappa shape index (κ3) is 4.34. The van der Waals surface area contributed by atoms with Gasteiger partial charge in [-0.25, -0.2) is 14.6 Å². The summed E-state index contributed by atoms with van der Waals surface area (Å²) in [6.07, 6.45) is 5.40. The highest BCUT2D eigenvalue weighted by molar-refractivity contribution is 5.86. The Balaban J connectivity index is 1.63. The Kier molecular flexibility index (Phi) is 5.27. The average molecular weight is 342 g/mol. The van der Waals surface area contributed by atoms with Crippen LogP contribution in [0.25, 0.3) is 11.0 Å². The lowest BCUT2D eigenvalue weighted by atomic mass is 10.1. The number of carbonyl (C=O) groups excluding carboxylic acids is 1. The number of rotatable bonds is 8. The Morgan fingerprint density at radius 2 is 2.24 bits per heavy atom. The van der Waals surface area contributed by atoms with E-state index in [0.29, 0.717) is 37.8 Å². The van der Waals surface area contributed by atoms with E-state index < -0.39 is 0 Å². The zero-order chi connectivity index (χ0) is 17.6. The fourth-order valence-corrected chi connectivity index (χ4v) is 2.53. The maximum atomic E-state index is 11.7. The second-order valence-electron chi connectivity index (χ2n) is 6.21. The molecule has 3 rings (SSSR count). The summed E-state index contributed by atoms with van der Waals surface area (Å²) in [5.41, 5.74) is 0.732. The lowest BCUT2D eigenvalue weighted by Gasteiger charge is -2.08. The van der Waals surface area contributed by atoms with Crippen molar-refractivity contribution in [3.63, 3.8) is 0 Å². The van der Waals surface area contributed by atoms with Crippen LogP contribution in [0.1, 0.15) is 26.0 Å². The fraction of sp³-hybridized carbons (Fsp3) is 0.412. The van der Waals surface area contributed by atoms with Crippen LogP contribution in [0.15, 0.2) is 35.3 Å². The number of aromatic nitrogens is 4. The van der Waals surface area contributed by atoms with Gasteiger partial charge in [0, 0.05) is 13.0 Å². The Morgan fingerprint density at radius 3 is 3.00 bits per heavy atom. The number of furan rings is 1. The van der Waals surface area contributed by atoms with Crippen LogP contribution in [0.2, 0.25) is 0 Å². The lowest BCUT2D eigenvalue weighted by molar-refractivity contribution is -0.121. The lowest BCUT2D eigenvalue weighted by Crippen LogP contribution is -2.28. The van der Waals surface area contributed by atoms with Gasteiger partial charge in [-0.05, 0) is 18.1 Å². The summed E-state index contributed by atoms with van der Waals surface area (Å²) >= 11 is 0. The predicted molar refractivity (Wildman–Crippen MR) is 93.8 cm³/mol. The van der Waals surface area contributed by atoms with Crippen molar-refractivity contribution in [2.45, 2.75) is 33.4 Å². The third-order valence-corrected chi connectivity index (χ3v) is 3.68. The van der Waals surface area contributed by atoms with Gasteiger partial charge in [0.15, 0.2) is 5.65 Å². The molecular weight excluding hydrogens is 320 g/mol. The topological polar surface area (TPSA) is 97.9 Å². The first-order valence-corrected chi connectivity index (χ1v) is 8.33. The van der Waals surface area contributed by atoms with E-state index in [9.17, 15) is 4.79 Å². The van der Waals surface area contributed by atoms with E-state index in [0.717, 1.165) is 16.8 Å². The second-order valence-corrected chi connectivity index (χ2v) is 6.21. The summed E-state index contributed by atoms with van der Waals surface area (Å²) in [5.74, 6) is 1.94. The molecule has 8 nitrogen and oxygen atoms in total. The number of nitrogens with one attached hydrogen (secondary N) is 2. The Bertz CT molecular complexity index is 825. The quantitative estimate of drug-likeness (QED) is 0.651.